The van der Waals surface area contributed by atoms with Gasteiger partial charge in [-0.3, -0.25) is 14.4 Å². The fourth-order valence-corrected chi connectivity index (χ4v) is 5.59. The van der Waals surface area contributed by atoms with Crippen LogP contribution in [0.4, 0.5) is 5.00 Å². The zero-order valence-corrected chi connectivity index (χ0v) is 15.8. The molecule has 7 heteroatoms. The first-order chi connectivity index (χ1) is 13.0. The van der Waals surface area contributed by atoms with Gasteiger partial charge in [0.25, 0.3) is 5.91 Å². The number of aliphatic carboxylic acids is 1. The van der Waals surface area contributed by atoms with Gasteiger partial charge in [0.15, 0.2) is 0 Å². The third-order valence-corrected chi connectivity index (χ3v) is 7.00. The van der Waals surface area contributed by atoms with Crippen molar-refractivity contribution in [1.29, 1.82) is 0 Å². The average Bonchev–Trinajstić information content (AvgIpc) is 3.33. The number of hydrogen-bond acceptors (Lipinski definition) is 4. The molecule has 5 rings (SSSR count). The summed E-state index contributed by atoms with van der Waals surface area (Å²) in [5.74, 6) is -2.79. The van der Waals surface area contributed by atoms with Crippen LogP contribution in [0.5, 0.6) is 0 Å². The van der Waals surface area contributed by atoms with Crippen molar-refractivity contribution in [3.63, 3.8) is 0 Å². The highest BCUT2D eigenvalue weighted by atomic mass is 32.1. The Morgan fingerprint density at radius 1 is 1.00 bits per heavy atom. The van der Waals surface area contributed by atoms with E-state index in [-0.39, 0.29) is 29.7 Å². The van der Waals surface area contributed by atoms with E-state index in [1.807, 2.05) is 12.2 Å². The predicted octanol–water partition coefficient (Wildman–Crippen LogP) is 3.27. The second kappa shape index (κ2) is 7.46. The minimum atomic E-state index is -0.917. The first-order valence-electron chi connectivity index (χ1n) is 9.65. The maximum Gasteiger partial charge on any atom is 0.307 e. The van der Waals surface area contributed by atoms with E-state index in [0.717, 1.165) is 38.5 Å². The number of carbonyl (C=O) groups is 3. The fraction of sp³-hybridized carbons (Fsp3) is 0.550. The number of amides is 2. The van der Waals surface area contributed by atoms with Crippen molar-refractivity contribution in [2.45, 2.75) is 44.6 Å². The molecule has 2 bridgehead atoms. The summed E-state index contributed by atoms with van der Waals surface area (Å²) >= 11 is 1.30. The maximum absolute atomic E-state index is 13.0. The number of carboxylic acids is 1. The number of fused-ring (bicyclic) bond motifs is 2. The standard InChI is InChI=1S/C20H24N2O4S/c23-17(21-13-3-1-2-4-13)14-9-10-27-19(14)22-18(24)15-11-5-7-12(8-6-11)16(15)20(25)26/h5,7,9-13,15-16H,1-4,6,8H2,(H,21,23)(H,22,24)(H,25,26)/t11-,12-,15+,16-/m0/s1. The molecule has 0 spiro atoms. The molecule has 2 saturated carbocycles. The van der Waals surface area contributed by atoms with Crippen LogP contribution in [-0.4, -0.2) is 28.9 Å². The molecule has 2 amide bonds. The Labute approximate surface area is 162 Å². The highest BCUT2D eigenvalue weighted by Gasteiger charge is 2.48. The smallest absolute Gasteiger partial charge is 0.307 e. The lowest BCUT2D eigenvalue weighted by molar-refractivity contribution is -0.151. The van der Waals surface area contributed by atoms with Crippen molar-refractivity contribution < 1.29 is 19.5 Å². The SMILES string of the molecule is O=C(NC1CCCC1)c1ccsc1NC(=O)[C@H]1[C@@H](C(=O)O)[C@H]2C=C[C@H]1CC2. The molecule has 1 aromatic heterocycles. The minimum Gasteiger partial charge on any atom is -0.481 e. The van der Waals surface area contributed by atoms with Crippen LogP contribution >= 0.6 is 11.3 Å². The summed E-state index contributed by atoms with van der Waals surface area (Å²) in [6.45, 7) is 0. The summed E-state index contributed by atoms with van der Waals surface area (Å²) in [6, 6.07) is 1.92. The Morgan fingerprint density at radius 2 is 1.67 bits per heavy atom. The van der Waals surface area contributed by atoms with Crippen LogP contribution < -0.4 is 10.6 Å². The summed E-state index contributed by atoms with van der Waals surface area (Å²) in [5.41, 5.74) is 0.462. The summed E-state index contributed by atoms with van der Waals surface area (Å²) < 4.78 is 0. The molecule has 4 atom stereocenters. The quantitative estimate of drug-likeness (QED) is 0.675. The third kappa shape index (κ3) is 3.52. The van der Waals surface area contributed by atoms with Crippen LogP contribution in [-0.2, 0) is 9.59 Å². The summed E-state index contributed by atoms with van der Waals surface area (Å²) in [6.07, 6.45) is 9.84. The van der Waals surface area contributed by atoms with E-state index >= 15 is 0 Å². The van der Waals surface area contributed by atoms with Crippen molar-refractivity contribution >= 4 is 34.1 Å². The molecule has 0 radical (unpaired) electrons. The molecule has 3 N–H and O–H groups in total. The molecule has 0 aliphatic heterocycles. The van der Waals surface area contributed by atoms with Crippen LogP contribution in [0.3, 0.4) is 0 Å². The number of anilines is 1. The lowest BCUT2D eigenvalue weighted by Crippen LogP contribution is -2.47. The van der Waals surface area contributed by atoms with Crippen molar-refractivity contribution in [3.8, 4) is 0 Å². The van der Waals surface area contributed by atoms with E-state index in [9.17, 15) is 19.5 Å². The molecule has 144 valence electrons. The zero-order chi connectivity index (χ0) is 19.0. The van der Waals surface area contributed by atoms with Crippen LogP contribution in [0, 0.1) is 23.7 Å². The molecule has 1 heterocycles. The van der Waals surface area contributed by atoms with Gasteiger partial charge in [-0.25, -0.2) is 0 Å². The second-order valence-corrected chi connectivity index (χ2v) is 8.70. The summed E-state index contributed by atoms with van der Waals surface area (Å²) in [4.78, 5) is 37.3. The van der Waals surface area contributed by atoms with Crippen molar-refractivity contribution in [1.82, 2.24) is 5.32 Å². The summed E-state index contributed by atoms with van der Waals surface area (Å²) in [5, 5.41) is 17.8. The van der Waals surface area contributed by atoms with Crippen LogP contribution in [0.2, 0.25) is 0 Å². The van der Waals surface area contributed by atoms with Gasteiger partial charge in [0.05, 0.1) is 17.4 Å². The molecule has 4 aliphatic carbocycles. The number of nitrogens with one attached hydrogen (secondary N) is 2. The van der Waals surface area contributed by atoms with E-state index in [4.69, 9.17) is 0 Å². The van der Waals surface area contributed by atoms with Crippen molar-refractivity contribution in [2.75, 3.05) is 5.32 Å². The van der Waals surface area contributed by atoms with Crippen LogP contribution in [0.1, 0.15) is 48.9 Å². The number of carboxylic acid groups (broad SMARTS) is 1. The van der Waals surface area contributed by atoms with E-state index in [1.54, 1.807) is 11.4 Å². The van der Waals surface area contributed by atoms with Crippen molar-refractivity contribution in [3.05, 3.63) is 29.2 Å². The highest BCUT2D eigenvalue weighted by Crippen LogP contribution is 2.45. The van der Waals surface area contributed by atoms with Crippen LogP contribution in [0.25, 0.3) is 0 Å². The molecular weight excluding hydrogens is 364 g/mol. The van der Waals surface area contributed by atoms with E-state index in [2.05, 4.69) is 10.6 Å². The van der Waals surface area contributed by atoms with Crippen LogP contribution in [0.15, 0.2) is 23.6 Å². The Morgan fingerprint density at radius 3 is 2.30 bits per heavy atom. The number of rotatable bonds is 5. The first kappa shape index (κ1) is 18.2. The molecule has 27 heavy (non-hydrogen) atoms. The Kier molecular flexibility index (Phi) is 5.04. The van der Waals surface area contributed by atoms with Gasteiger partial charge in [-0.15, -0.1) is 11.3 Å². The van der Waals surface area contributed by atoms with E-state index < -0.39 is 17.8 Å². The lowest BCUT2D eigenvalue weighted by atomic mass is 9.62. The number of hydrogen-bond donors (Lipinski definition) is 3. The largest absolute Gasteiger partial charge is 0.481 e. The zero-order valence-electron chi connectivity index (χ0n) is 15.0. The molecule has 0 aromatic carbocycles. The normalized spacial score (nSPS) is 29.6. The predicted molar refractivity (Wildman–Crippen MR) is 103 cm³/mol. The number of thiophene rings is 1. The third-order valence-electron chi connectivity index (χ3n) is 6.17. The molecule has 0 saturated heterocycles. The van der Waals surface area contributed by atoms with Gasteiger partial charge in [0.1, 0.15) is 5.00 Å². The van der Waals surface area contributed by atoms with Gasteiger partial charge in [-0.1, -0.05) is 25.0 Å². The number of carbonyl (C=O) groups excluding carboxylic acids is 2. The molecule has 2 fully saturated rings. The van der Waals surface area contributed by atoms with Gasteiger partial charge in [0.2, 0.25) is 5.91 Å². The van der Waals surface area contributed by atoms with Gasteiger partial charge >= 0.3 is 5.97 Å². The number of allylic oxidation sites excluding steroid dienone is 2. The maximum atomic E-state index is 13.0. The minimum absolute atomic E-state index is 0.0492. The Balaban J connectivity index is 1.48. The Bertz CT molecular complexity index is 781. The van der Waals surface area contributed by atoms with Gasteiger partial charge in [-0.05, 0) is 49.0 Å². The van der Waals surface area contributed by atoms with Gasteiger partial charge < -0.3 is 15.7 Å². The fourth-order valence-electron chi connectivity index (χ4n) is 4.80. The van der Waals surface area contributed by atoms with Gasteiger partial charge in [0, 0.05) is 6.04 Å². The topological polar surface area (TPSA) is 95.5 Å². The summed E-state index contributed by atoms with van der Waals surface area (Å²) in [7, 11) is 0. The van der Waals surface area contributed by atoms with Crippen molar-refractivity contribution in [2.24, 2.45) is 23.7 Å². The molecule has 6 nitrogen and oxygen atoms in total. The van der Waals surface area contributed by atoms with E-state index in [1.165, 1.54) is 11.3 Å². The van der Waals surface area contributed by atoms with Gasteiger partial charge in [-0.2, -0.15) is 0 Å². The molecular formula is C20H24N2O4S. The first-order valence-corrected chi connectivity index (χ1v) is 10.5. The Hall–Kier alpha value is -2.15. The highest BCUT2D eigenvalue weighted by molar-refractivity contribution is 7.14. The van der Waals surface area contributed by atoms with E-state index in [0.29, 0.717) is 10.6 Å². The average molecular weight is 388 g/mol. The molecule has 4 aliphatic rings. The molecule has 1 aromatic rings. The molecule has 0 unspecified atom stereocenters. The monoisotopic (exact) mass is 388 g/mol. The second-order valence-electron chi connectivity index (χ2n) is 7.79. The lowest BCUT2D eigenvalue weighted by Gasteiger charge is -2.41.